The van der Waals surface area contributed by atoms with Crippen LogP contribution < -0.4 is 5.73 Å². The number of nitrogens with two attached hydrogens (primary N) is 1. The summed E-state index contributed by atoms with van der Waals surface area (Å²) < 4.78 is 7.03. The van der Waals surface area contributed by atoms with Crippen molar-refractivity contribution < 1.29 is 4.74 Å². The Morgan fingerprint density at radius 3 is 2.84 bits per heavy atom. The molecule has 6 heteroatoms. The Morgan fingerprint density at radius 2 is 2.21 bits per heavy atom. The molecular weight excluding hydrogens is 242 g/mol. The molecule has 102 valence electrons. The van der Waals surface area contributed by atoms with Crippen molar-refractivity contribution in [3.05, 3.63) is 23.8 Å². The highest BCUT2D eigenvalue weighted by Gasteiger charge is 2.17. The first-order valence-electron chi connectivity index (χ1n) is 6.30. The predicted octanol–water partition coefficient (Wildman–Crippen LogP) is 1.83. The number of nitrogens with zero attached hydrogens (tertiary/aromatic N) is 4. The van der Waals surface area contributed by atoms with Crippen LogP contribution >= 0.6 is 0 Å². The second-order valence-electron chi connectivity index (χ2n) is 4.54. The van der Waals surface area contributed by atoms with Gasteiger partial charge in [0, 0.05) is 18.4 Å². The van der Waals surface area contributed by atoms with E-state index in [0.29, 0.717) is 6.61 Å². The summed E-state index contributed by atoms with van der Waals surface area (Å²) in [4.78, 5) is 0. The molecular formula is C13H19N5O. The monoisotopic (exact) mass is 261 g/mol. The van der Waals surface area contributed by atoms with Crippen LogP contribution in [0.4, 0.5) is 5.69 Å². The second kappa shape index (κ2) is 5.79. The van der Waals surface area contributed by atoms with Crippen LogP contribution in [0.25, 0.3) is 11.4 Å². The van der Waals surface area contributed by atoms with Crippen molar-refractivity contribution in [3.8, 4) is 11.4 Å². The number of hydrogen-bond donors (Lipinski definition) is 1. The van der Waals surface area contributed by atoms with Crippen molar-refractivity contribution in [3.63, 3.8) is 0 Å². The fourth-order valence-corrected chi connectivity index (χ4v) is 2.00. The zero-order valence-electron chi connectivity index (χ0n) is 11.5. The molecule has 6 nitrogen and oxygen atoms in total. The SMILES string of the molecule is CCC(COC)n1nnnc1-c1ccc(N)c(C)c1. The average Bonchev–Trinajstić information content (AvgIpc) is 2.88. The smallest absolute Gasteiger partial charge is 0.182 e. The number of nitrogen functional groups attached to an aromatic ring is 1. The quantitative estimate of drug-likeness (QED) is 0.831. The molecule has 1 unspecified atom stereocenters. The number of ether oxygens (including phenoxy) is 1. The van der Waals surface area contributed by atoms with Crippen LogP contribution in [-0.2, 0) is 4.74 Å². The van der Waals surface area contributed by atoms with Crippen LogP contribution in [0.15, 0.2) is 18.2 Å². The molecule has 2 aromatic rings. The van der Waals surface area contributed by atoms with E-state index < -0.39 is 0 Å². The number of tetrazole rings is 1. The summed E-state index contributed by atoms with van der Waals surface area (Å²) in [5.74, 6) is 0.743. The summed E-state index contributed by atoms with van der Waals surface area (Å²) in [5, 5.41) is 12.0. The first-order chi connectivity index (χ1) is 9.17. The molecule has 1 atom stereocenters. The molecule has 0 aliphatic heterocycles. The zero-order chi connectivity index (χ0) is 13.8. The minimum Gasteiger partial charge on any atom is -0.399 e. The largest absolute Gasteiger partial charge is 0.399 e. The molecule has 1 aromatic heterocycles. The van der Waals surface area contributed by atoms with E-state index in [4.69, 9.17) is 10.5 Å². The van der Waals surface area contributed by atoms with Crippen molar-refractivity contribution in [2.75, 3.05) is 19.5 Å². The standard InChI is InChI=1S/C13H19N5O/c1-4-11(8-19-3)18-13(15-16-17-18)10-5-6-12(14)9(2)7-10/h5-7,11H,4,8,14H2,1-3H3. The minimum atomic E-state index is 0.132. The molecule has 0 aliphatic rings. The van der Waals surface area contributed by atoms with E-state index >= 15 is 0 Å². The lowest BCUT2D eigenvalue weighted by Crippen LogP contribution is -2.16. The summed E-state index contributed by atoms with van der Waals surface area (Å²) in [7, 11) is 1.68. The molecule has 0 spiro atoms. The average molecular weight is 261 g/mol. The van der Waals surface area contributed by atoms with Gasteiger partial charge in [-0.1, -0.05) is 6.92 Å². The van der Waals surface area contributed by atoms with E-state index in [0.717, 1.165) is 29.1 Å². The Bertz CT molecular complexity index is 552. The van der Waals surface area contributed by atoms with Crippen molar-refractivity contribution in [1.29, 1.82) is 0 Å². The van der Waals surface area contributed by atoms with Gasteiger partial charge in [0.15, 0.2) is 5.82 Å². The molecule has 0 radical (unpaired) electrons. The Balaban J connectivity index is 2.40. The first kappa shape index (κ1) is 13.5. The Morgan fingerprint density at radius 1 is 1.42 bits per heavy atom. The van der Waals surface area contributed by atoms with Gasteiger partial charge in [0.25, 0.3) is 0 Å². The summed E-state index contributed by atoms with van der Waals surface area (Å²) in [6, 6.07) is 5.94. The molecule has 0 fully saturated rings. The van der Waals surface area contributed by atoms with Crippen LogP contribution in [0.2, 0.25) is 0 Å². The summed E-state index contributed by atoms with van der Waals surface area (Å²) in [6.07, 6.45) is 0.903. The van der Waals surface area contributed by atoms with Crippen molar-refractivity contribution >= 4 is 5.69 Å². The zero-order valence-corrected chi connectivity index (χ0v) is 11.5. The van der Waals surface area contributed by atoms with Gasteiger partial charge in [0.1, 0.15) is 0 Å². The number of methoxy groups -OCH3 is 1. The maximum Gasteiger partial charge on any atom is 0.182 e. The number of anilines is 1. The second-order valence-corrected chi connectivity index (χ2v) is 4.54. The molecule has 0 bridgehead atoms. The van der Waals surface area contributed by atoms with Crippen molar-refractivity contribution in [1.82, 2.24) is 20.2 Å². The normalized spacial score (nSPS) is 12.6. The van der Waals surface area contributed by atoms with Gasteiger partial charge in [-0.3, -0.25) is 0 Å². The number of benzene rings is 1. The molecule has 0 amide bonds. The molecule has 0 saturated heterocycles. The third kappa shape index (κ3) is 2.73. The number of aryl methyl sites for hydroxylation is 1. The lowest BCUT2D eigenvalue weighted by Gasteiger charge is -2.15. The Kier molecular flexibility index (Phi) is 4.11. The molecule has 19 heavy (non-hydrogen) atoms. The molecule has 1 aromatic carbocycles. The third-order valence-corrected chi connectivity index (χ3v) is 3.20. The molecule has 2 rings (SSSR count). The minimum absolute atomic E-state index is 0.132. The Labute approximate surface area is 112 Å². The summed E-state index contributed by atoms with van der Waals surface area (Å²) >= 11 is 0. The van der Waals surface area contributed by atoms with E-state index in [1.54, 1.807) is 7.11 Å². The van der Waals surface area contributed by atoms with Crippen LogP contribution in [0.5, 0.6) is 0 Å². The van der Waals surface area contributed by atoms with Crippen molar-refractivity contribution in [2.45, 2.75) is 26.3 Å². The van der Waals surface area contributed by atoms with Gasteiger partial charge in [-0.15, -0.1) is 5.10 Å². The Hall–Kier alpha value is -1.95. The fraction of sp³-hybridized carbons (Fsp3) is 0.462. The maximum atomic E-state index is 5.84. The highest BCUT2D eigenvalue weighted by molar-refractivity contribution is 5.61. The van der Waals surface area contributed by atoms with E-state index in [2.05, 4.69) is 22.4 Å². The molecule has 0 aliphatic carbocycles. The van der Waals surface area contributed by atoms with Crippen LogP contribution in [0.1, 0.15) is 24.9 Å². The summed E-state index contributed by atoms with van der Waals surface area (Å²) in [6.45, 7) is 4.64. The van der Waals surface area contributed by atoms with Gasteiger partial charge in [-0.2, -0.15) is 0 Å². The predicted molar refractivity (Wildman–Crippen MR) is 73.6 cm³/mol. The highest BCUT2D eigenvalue weighted by Crippen LogP contribution is 2.24. The number of rotatable bonds is 5. The van der Waals surface area contributed by atoms with E-state index in [1.165, 1.54) is 0 Å². The third-order valence-electron chi connectivity index (χ3n) is 3.20. The molecule has 2 N–H and O–H groups in total. The van der Waals surface area contributed by atoms with Gasteiger partial charge in [-0.25, -0.2) is 4.68 Å². The van der Waals surface area contributed by atoms with Gasteiger partial charge in [0.2, 0.25) is 0 Å². The topological polar surface area (TPSA) is 78.8 Å². The lowest BCUT2D eigenvalue weighted by molar-refractivity contribution is 0.147. The van der Waals surface area contributed by atoms with E-state index in [1.807, 2.05) is 29.8 Å². The van der Waals surface area contributed by atoms with Gasteiger partial charge in [0.05, 0.1) is 12.6 Å². The van der Waals surface area contributed by atoms with Crippen LogP contribution in [0.3, 0.4) is 0 Å². The van der Waals surface area contributed by atoms with E-state index in [-0.39, 0.29) is 6.04 Å². The molecule has 0 saturated carbocycles. The van der Waals surface area contributed by atoms with E-state index in [9.17, 15) is 0 Å². The highest BCUT2D eigenvalue weighted by atomic mass is 16.5. The van der Waals surface area contributed by atoms with Crippen molar-refractivity contribution in [2.24, 2.45) is 0 Å². The van der Waals surface area contributed by atoms with Crippen LogP contribution in [0, 0.1) is 6.92 Å². The fourth-order valence-electron chi connectivity index (χ4n) is 2.00. The van der Waals surface area contributed by atoms with Crippen LogP contribution in [-0.4, -0.2) is 33.9 Å². The molecule has 1 heterocycles. The number of aromatic nitrogens is 4. The van der Waals surface area contributed by atoms with Gasteiger partial charge >= 0.3 is 0 Å². The maximum absolute atomic E-state index is 5.84. The first-order valence-corrected chi connectivity index (χ1v) is 6.30. The number of hydrogen-bond acceptors (Lipinski definition) is 5. The van der Waals surface area contributed by atoms with Gasteiger partial charge < -0.3 is 10.5 Å². The van der Waals surface area contributed by atoms with Gasteiger partial charge in [-0.05, 0) is 47.5 Å². The lowest BCUT2D eigenvalue weighted by atomic mass is 10.1. The summed E-state index contributed by atoms with van der Waals surface area (Å²) in [5.41, 5.74) is 8.59.